The molecule has 1 aliphatic heterocycles. The second kappa shape index (κ2) is 10.8. The van der Waals surface area contributed by atoms with Gasteiger partial charge in [0.05, 0.1) is 21.4 Å². The van der Waals surface area contributed by atoms with Crippen LogP contribution in [-0.4, -0.2) is 40.3 Å². The zero-order valence-corrected chi connectivity index (χ0v) is 19.4. The van der Waals surface area contributed by atoms with E-state index in [2.05, 4.69) is 10.6 Å². The number of hydrogen-bond acceptors (Lipinski definition) is 8. The first kappa shape index (κ1) is 24.6. The van der Waals surface area contributed by atoms with Gasteiger partial charge in [0.1, 0.15) is 0 Å². The number of ether oxygens (including phenoxy) is 1. The molecule has 10 nitrogen and oxygen atoms in total. The summed E-state index contributed by atoms with van der Waals surface area (Å²) in [7, 11) is 0. The molecule has 1 aliphatic rings. The average Bonchev–Trinajstić information content (AvgIpc) is 2.88. The maximum atomic E-state index is 12.5. The van der Waals surface area contributed by atoms with E-state index in [0.29, 0.717) is 5.69 Å². The molecule has 1 unspecified atom stereocenters. The van der Waals surface area contributed by atoms with Crippen LogP contribution in [-0.2, 0) is 14.3 Å². The quantitative estimate of drug-likeness (QED) is 0.202. The molecule has 2 amide bonds. The van der Waals surface area contributed by atoms with Gasteiger partial charge in [0.25, 0.3) is 5.69 Å². The molecule has 0 radical (unpaired) electrons. The summed E-state index contributed by atoms with van der Waals surface area (Å²) in [4.78, 5) is 60.3. The van der Waals surface area contributed by atoms with Crippen LogP contribution >= 0.6 is 11.8 Å². The standard InChI is InChI=1S/C25H19N3O7S/c29-20(16-4-3-5-18(12-16)28(33)34)14-35-25(32)15-8-10-17(11-9-15)26-23(30)13-22-24(31)27-19-6-1-2-7-21(19)36-22/h1-12,22H,13-14H2,(H,26,30)(H,27,31). The predicted molar refractivity (Wildman–Crippen MR) is 132 cm³/mol. The van der Waals surface area contributed by atoms with Crippen molar-refractivity contribution in [3.05, 3.63) is 94.0 Å². The van der Waals surface area contributed by atoms with Crippen molar-refractivity contribution < 1.29 is 28.8 Å². The Bertz CT molecular complexity index is 1360. The van der Waals surface area contributed by atoms with Gasteiger partial charge in [-0.2, -0.15) is 0 Å². The molecule has 0 saturated heterocycles. The fourth-order valence-electron chi connectivity index (χ4n) is 3.39. The topological polar surface area (TPSA) is 145 Å². The molecule has 4 rings (SSSR count). The van der Waals surface area contributed by atoms with Crippen LogP contribution in [0.4, 0.5) is 17.1 Å². The molecule has 0 spiro atoms. The van der Waals surface area contributed by atoms with Crippen LogP contribution in [0.15, 0.2) is 77.7 Å². The van der Waals surface area contributed by atoms with Crippen molar-refractivity contribution in [2.24, 2.45) is 0 Å². The van der Waals surface area contributed by atoms with Gasteiger partial charge in [0.15, 0.2) is 6.61 Å². The molecule has 3 aromatic carbocycles. The van der Waals surface area contributed by atoms with E-state index in [-0.39, 0.29) is 35.0 Å². The number of amides is 2. The number of fused-ring (bicyclic) bond motifs is 1. The number of esters is 1. The van der Waals surface area contributed by atoms with Gasteiger partial charge >= 0.3 is 5.97 Å². The van der Waals surface area contributed by atoms with Crippen molar-refractivity contribution in [3.63, 3.8) is 0 Å². The summed E-state index contributed by atoms with van der Waals surface area (Å²) in [5.74, 6) is -1.95. The summed E-state index contributed by atoms with van der Waals surface area (Å²) in [5, 5.41) is 15.8. The molecule has 0 bridgehead atoms. The Balaban J connectivity index is 1.28. The molecule has 0 saturated carbocycles. The number of ketones is 1. The number of nitro benzene ring substituents is 1. The largest absolute Gasteiger partial charge is 0.454 e. The van der Waals surface area contributed by atoms with Gasteiger partial charge in [-0.05, 0) is 36.4 Å². The van der Waals surface area contributed by atoms with Gasteiger partial charge in [-0.3, -0.25) is 24.5 Å². The number of rotatable bonds is 8. The number of carbonyl (C=O) groups is 4. The van der Waals surface area contributed by atoms with Gasteiger partial charge < -0.3 is 15.4 Å². The summed E-state index contributed by atoms with van der Waals surface area (Å²) in [5.41, 5.74) is 1.11. The van der Waals surface area contributed by atoms with Crippen LogP contribution in [0.3, 0.4) is 0 Å². The van der Waals surface area contributed by atoms with E-state index in [9.17, 15) is 29.3 Å². The van der Waals surface area contributed by atoms with Crippen LogP contribution in [0.2, 0.25) is 0 Å². The first-order valence-electron chi connectivity index (χ1n) is 10.7. The second-order valence-corrected chi connectivity index (χ2v) is 8.97. The molecule has 11 heteroatoms. The number of Topliss-reactive ketones (excluding diaryl/α,β-unsaturated/α-hetero) is 1. The van der Waals surface area contributed by atoms with E-state index in [1.54, 1.807) is 6.07 Å². The number of anilines is 2. The molecule has 36 heavy (non-hydrogen) atoms. The van der Waals surface area contributed by atoms with Crippen LogP contribution in [0.5, 0.6) is 0 Å². The third-order valence-corrected chi connectivity index (χ3v) is 6.47. The molecule has 3 aromatic rings. The molecular formula is C25H19N3O7S. The van der Waals surface area contributed by atoms with Gasteiger partial charge in [0, 0.05) is 34.7 Å². The molecule has 0 aromatic heterocycles. The predicted octanol–water partition coefficient (Wildman–Crippen LogP) is 4.08. The molecule has 0 aliphatic carbocycles. The summed E-state index contributed by atoms with van der Waals surface area (Å²) >= 11 is 1.32. The monoisotopic (exact) mass is 505 g/mol. The summed E-state index contributed by atoms with van der Waals surface area (Å²) < 4.78 is 5.01. The number of non-ortho nitro benzene ring substituents is 1. The summed E-state index contributed by atoms with van der Waals surface area (Å²) in [6, 6.07) is 18.3. The molecule has 182 valence electrons. The molecule has 0 fully saturated rings. The lowest BCUT2D eigenvalue weighted by Crippen LogP contribution is -2.32. The number of nitrogens with zero attached hydrogens (tertiary/aromatic N) is 1. The van der Waals surface area contributed by atoms with E-state index in [0.717, 1.165) is 16.6 Å². The van der Waals surface area contributed by atoms with Crippen LogP contribution in [0, 0.1) is 10.1 Å². The van der Waals surface area contributed by atoms with Crippen LogP contribution < -0.4 is 10.6 Å². The van der Waals surface area contributed by atoms with Crippen molar-refractivity contribution in [2.45, 2.75) is 16.6 Å². The van der Waals surface area contributed by atoms with Gasteiger partial charge in [-0.25, -0.2) is 4.79 Å². The molecule has 1 heterocycles. The first-order valence-corrected chi connectivity index (χ1v) is 11.6. The Morgan fingerprint density at radius 3 is 2.50 bits per heavy atom. The van der Waals surface area contributed by atoms with Crippen molar-refractivity contribution in [1.29, 1.82) is 0 Å². The SMILES string of the molecule is O=C(CC1Sc2ccccc2NC1=O)Nc1ccc(C(=O)OCC(=O)c2cccc([N+](=O)[O-])c2)cc1. The van der Waals surface area contributed by atoms with Crippen molar-refractivity contribution in [3.8, 4) is 0 Å². The smallest absolute Gasteiger partial charge is 0.338 e. The van der Waals surface area contributed by atoms with E-state index in [1.807, 2.05) is 18.2 Å². The van der Waals surface area contributed by atoms with E-state index in [4.69, 9.17) is 4.74 Å². The van der Waals surface area contributed by atoms with E-state index >= 15 is 0 Å². The highest BCUT2D eigenvalue weighted by Crippen LogP contribution is 2.36. The van der Waals surface area contributed by atoms with Crippen LogP contribution in [0.1, 0.15) is 27.1 Å². The summed E-state index contributed by atoms with van der Waals surface area (Å²) in [6.07, 6.45) is -0.0333. The van der Waals surface area contributed by atoms with Crippen molar-refractivity contribution in [2.75, 3.05) is 17.2 Å². The second-order valence-electron chi connectivity index (χ2n) is 7.73. The zero-order valence-electron chi connectivity index (χ0n) is 18.6. The Labute approximate surface area is 209 Å². The lowest BCUT2D eigenvalue weighted by Gasteiger charge is -2.23. The third kappa shape index (κ3) is 5.94. The highest BCUT2D eigenvalue weighted by Gasteiger charge is 2.28. The van der Waals surface area contributed by atoms with Crippen molar-refractivity contribution >= 4 is 52.4 Å². The minimum Gasteiger partial charge on any atom is -0.454 e. The maximum absolute atomic E-state index is 12.5. The lowest BCUT2D eigenvalue weighted by molar-refractivity contribution is -0.384. The number of hydrogen-bond donors (Lipinski definition) is 2. The number of para-hydroxylation sites is 1. The normalized spacial score (nSPS) is 14.2. The Morgan fingerprint density at radius 2 is 1.75 bits per heavy atom. The highest BCUT2D eigenvalue weighted by atomic mass is 32.2. The molecule has 2 N–H and O–H groups in total. The number of thioether (sulfide) groups is 1. The number of benzene rings is 3. The highest BCUT2D eigenvalue weighted by molar-refractivity contribution is 8.01. The zero-order chi connectivity index (χ0) is 25.7. The van der Waals surface area contributed by atoms with Gasteiger partial charge in [0.2, 0.25) is 17.6 Å². The molecule has 1 atom stereocenters. The third-order valence-electron chi connectivity index (χ3n) is 5.20. The molecular weight excluding hydrogens is 486 g/mol. The van der Waals surface area contributed by atoms with Crippen molar-refractivity contribution in [1.82, 2.24) is 0 Å². The number of nitrogens with one attached hydrogen (secondary N) is 2. The Morgan fingerprint density at radius 1 is 1.00 bits per heavy atom. The lowest BCUT2D eigenvalue weighted by atomic mass is 10.1. The minimum absolute atomic E-state index is 0.0333. The Hall–Kier alpha value is -4.51. The average molecular weight is 506 g/mol. The summed E-state index contributed by atoms with van der Waals surface area (Å²) in [6.45, 7) is -0.581. The number of nitro groups is 1. The first-order chi connectivity index (χ1) is 17.3. The fraction of sp³-hybridized carbons (Fsp3) is 0.120. The van der Waals surface area contributed by atoms with Crippen LogP contribution in [0.25, 0.3) is 0 Å². The van der Waals surface area contributed by atoms with E-state index in [1.165, 1.54) is 54.2 Å². The number of carbonyl (C=O) groups excluding carboxylic acids is 4. The van der Waals surface area contributed by atoms with Gasteiger partial charge in [-0.15, -0.1) is 11.8 Å². The maximum Gasteiger partial charge on any atom is 0.338 e. The Kier molecular flexibility index (Phi) is 7.40. The minimum atomic E-state index is -0.763. The fourth-order valence-corrected chi connectivity index (χ4v) is 4.50. The van der Waals surface area contributed by atoms with E-state index < -0.39 is 28.5 Å². The van der Waals surface area contributed by atoms with Gasteiger partial charge in [-0.1, -0.05) is 24.3 Å².